The zero-order chi connectivity index (χ0) is 20.0. The predicted octanol–water partition coefficient (Wildman–Crippen LogP) is 0.871. The third-order valence-electron chi connectivity index (χ3n) is 4.34. The zero-order valence-electron chi connectivity index (χ0n) is 15.7. The van der Waals surface area contributed by atoms with Gasteiger partial charge in [-0.25, -0.2) is 8.42 Å². The molecule has 0 radical (unpaired) electrons. The molecule has 1 aromatic rings. The molecular weight excluding hydrogens is 374 g/mol. The zero-order valence-corrected chi connectivity index (χ0v) is 16.5. The fourth-order valence-corrected chi connectivity index (χ4v) is 4.60. The molecule has 2 atom stereocenters. The van der Waals surface area contributed by atoms with Crippen molar-refractivity contribution in [3.8, 4) is 11.5 Å². The third kappa shape index (κ3) is 5.85. The van der Waals surface area contributed by atoms with E-state index in [1.165, 1.54) is 21.1 Å². The first-order chi connectivity index (χ1) is 12.8. The molecule has 8 nitrogen and oxygen atoms in total. The van der Waals surface area contributed by atoms with E-state index in [2.05, 4.69) is 5.32 Å². The molecule has 1 aliphatic rings. The number of benzene rings is 1. The number of ether oxygens (including phenoxy) is 3. The van der Waals surface area contributed by atoms with E-state index in [-0.39, 0.29) is 17.9 Å². The number of nitrogens with one attached hydrogen (secondary N) is 1. The van der Waals surface area contributed by atoms with Crippen LogP contribution in [0.1, 0.15) is 25.3 Å². The van der Waals surface area contributed by atoms with Crippen LogP contribution in [0.25, 0.3) is 0 Å². The number of sulfone groups is 1. The van der Waals surface area contributed by atoms with Gasteiger partial charge in [0.2, 0.25) is 0 Å². The quantitative estimate of drug-likeness (QED) is 0.646. The van der Waals surface area contributed by atoms with Crippen LogP contribution in [0.3, 0.4) is 0 Å². The van der Waals surface area contributed by atoms with Crippen molar-refractivity contribution in [1.29, 1.82) is 0 Å². The van der Waals surface area contributed by atoms with Gasteiger partial charge in [0.15, 0.2) is 27.4 Å². The van der Waals surface area contributed by atoms with Crippen molar-refractivity contribution in [1.82, 2.24) is 5.32 Å². The van der Waals surface area contributed by atoms with Crippen LogP contribution >= 0.6 is 0 Å². The number of carbonyl (C=O) groups excluding carboxylic acids is 2. The van der Waals surface area contributed by atoms with E-state index in [0.717, 1.165) is 5.56 Å². The molecule has 0 aliphatic carbocycles. The van der Waals surface area contributed by atoms with Crippen LogP contribution < -0.4 is 14.8 Å². The third-order valence-corrected chi connectivity index (χ3v) is 6.11. The minimum Gasteiger partial charge on any atom is -0.493 e. The topological polar surface area (TPSA) is 108 Å². The number of amides is 1. The van der Waals surface area contributed by atoms with Crippen molar-refractivity contribution >= 4 is 21.7 Å². The Hall–Kier alpha value is -2.29. The van der Waals surface area contributed by atoms with Crippen LogP contribution in [0.2, 0.25) is 0 Å². The number of hydrogen-bond acceptors (Lipinski definition) is 7. The smallest absolute Gasteiger partial charge is 0.306 e. The molecule has 1 amide bonds. The van der Waals surface area contributed by atoms with Gasteiger partial charge in [-0.05, 0) is 31.4 Å². The van der Waals surface area contributed by atoms with Crippen LogP contribution in [-0.2, 0) is 30.6 Å². The molecule has 1 aliphatic heterocycles. The summed E-state index contributed by atoms with van der Waals surface area (Å²) < 4.78 is 38.6. The molecule has 27 heavy (non-hydrogen) atoms. The maximum atomic E-state index is 12.1. The van der Waals surface area contributed by atoms with E-state index in [9.17, 15) is 18.0 Å². The normalized spacial score (nSPS) is 19.1. The summed E-state index contributed by atoms with van der Waals surface area (Å²) in [6.07, 6.45) is -0.175. The first kappa shape index (κ1) is 21.0. The number of aryl methyl sites for hydroxylation is 1. The van der Waals surface area contributed by atoms with Gasteiger partial charge in [0, 0.05) is 12.5 Å². The van der Waals surface area contributed by atoms with E-state index in [0.29, 0.717) is 24.3 Å². The SMILES string of the molecule is COc1cccc(CCC(=O)O[C@@H](C)C(=O)N[C@@H]2CCS(=O)(=O)C2)c1OC. The summed E-state index contributed by atoms with van der Waals surface area (Å²) in [6, 6.07) is 4.96. The highest BCUT2D eigenvalue weighted by Gasteiger charge is 2.30. The second-order valence-electron chi connectivity index (χ2n) is 6.39. The average molecular weight is 399 g/mol. The lowest BCUT2D eigenvalue weighted by atomic mass is 10.1. The Morgan fingerprint density at radius 1 is 1.26 bits per heavy atom. The molecule has 1 fully saturated rings. The summed E-state index contributed by atoms with van der Waals surface area (Å²) in [7, 11) is -0.0295. The molecule has 1 N–H and O–H groups in total. The van der Waals surface area contributed by atoms with Gasteiger partial charge in [-0.3, -0.25) is 9.59 Å². The van der Waals surface area contributed by atoms with Gasteiger partial charge in [-0.1, -0.05) is 12.1 Å². The first-order valence-corrected chi connectivity index (χ1v) is 10.5. The lowest BCUT2D eigenvalue weighted by molar-refractivity contribution is -0.155. The number of methoxy groups -OCH3 is 2. The van der Waals surface area contributed by atoms with Gasteiger partial charge >= 0.3 is 5.97 Å². The Bertz CT molecular complexity index is 791. The molecular formula is C18H25NO7S. The number of para-hydroxylation sites is 1. The van der Waals surface area contributed by atoms with E-state index in [4.69, 9.17) is 14.2 Å². The minimum atomic E-state index is -3.09. The molecule has 0 spiro atoms. The largest absolute Gasteiger partial charge is 0.493 e. The standard InChI is InChI=1S/C18H25NO7S/c1-12(18(21)19-14-9-10-27(22,23)11-14)26-16(20)8-7-13-5-4-6-15(24-2)17(13)25-3/h4-6,12,14H,7-11H2,1-3H3,(H,19,21)/t12-,14+/m0/s1. The van der Waals surface area contributed by atoms with Crippen molar-refractivity contribution < 1.29 is 32.2 Å². The number of carbonyl (C=O) groups is 2. The Morgan fingerprint density at radius 2 is 2.00 bits per heavy atom. The highest BCUT2D eigenvalue weighted by Crippen LogP contribution is 2.31. The number of hydrogen-bond donors (Lipinski definition) is 1. The van der Waals surface area contributed by atoms with Crippen LogP contribution in [0, 0.1) is 0 Å². The molecule has 1 aromatic carbocycles. The predicted molar refractivity (Wildman–Crippen MR) is 98.6 cm³/mol. The minimum absolute atomic E-state index is 0.0640. The molecule has 2 rings (SSSR count). The van der Waals surface area contributed by atoms with Crippen LogP contribution in [0.15, 0.2) is 18.2 Å². The monoisotopic (exact) mass is 399 g/mol. The average Bonchev–Trinajstić information content (AvgIpc) is 2.97. The summed E-state index contributed by atoms with van der Waals surface area (Å²) in [5, 5.41) is 2.61. The Morgan fingerprint density at radius 3 is 2.59 bits per heavy atom. The van der Waals surface area contributed by atoms with Crippen molar-refractivity contribution in [3.63, 3.8) is 0 Å². The molecule has 0 bridgehead atoms. The highest BCUT2D eigenvalue weighted by atomic mass is 32.2. The van der Waals surface area contributed by atoms with Gasteiger partial charge in [0.1, 0.15) is 0 Å². The van der Waals surface area contributed by atoms with Crippen molar-refractivity contribution in [2.75, 3.05) is 25.7 Å². The Balaban J connectivity index is 1.84. The van der Waals surface area contributed by atoms with Gasteiger partial charge in [-0.2, -0.15) is 0 Å². The number of esters is 1. The molecule has 0 aromatic heterocycles. The fourth-order valence-electron chi connectivity index (χ4n) is 2.92. The molecule has 1 heterocycles. The molecule has 0 saturated carbocycles. The van der Waals surface area contributed by atoms with Crippen molar-refractivity contribution in [3.05, 3.63) is 23.8 Å². The van der Waals surface area contributed by atoms with E-state index in [1.807, 2.05) is 6.07 Å². The fraction of sp³-hybridized carbons (Fsp3) is 0.556. The van der Waals surface area contributed by atoms with E-state index >= 15 is 0 Å². The Labute approximate surface area is 159 Å². The summed E-state index contributed by atoms with van der Waals surface area (Å²) in [5.41, 5.74) is 0.794. The van der Waals surface area contributed by atoms with Gasteiger partial charge < -0.3 is 19.5 Å². The second-order valence-corrected chi connectivity index (χ2v) is 8.62. The summed E-state index contributed by atoms with van der Waals surface area (Å²) >= 11 is 0. The summed E-state index contributed by atoms with van der Waals surface area (Å²) in [5.74, 6) is 0.0958. The highest BCUT2D eigenvalue weighted by molar-refractivity contribution is 7.91. The van der Waals surface area contributed by atoms with Crippen LogP contribution in [0.5, 0.6) is 11.5 Å². The number of rotatable bonds is 8. The van der Waals surface area contributed by atoms with Crippen LogP contribution in [-0.4, -0.2) is 58.2 Å². The van der Waals surface area contributed by atoms with Gasteiger partial charge in [0.25, 0.3) is 5.91 Å². The van der Waals surface area contributed by atoms with Crippen molar-refractivity contribution in [2.45, 2.75) is 38.3 Å². The van der Waals surface area contributed by atoms with E-state index < -0.39 is 33.9 Å². The molecule has 9 heteroatoms. The van der Waals surface area contributed by atoms with E-state index in [1.54, 1.807) is 12.1 Å². The maximum Gasteiger partial charge on any atom is 0.306 e. The Kier molecular flexibility index (Phi) is 7.06. The van der Waals surface area contributed by atoms with Gasteiger partial charge in [-0.15, -0.1) is 0 Å². The summed E-state index contributed by atoms with van der Waals surface area (Å²) in [6.45, 7) is 1.46. The summed E-state index contributed by atoms with van der Waals surface area (Å²) in [4.78, 5) is 24.1. The molecule has 0 unspecified atom stereocenters. The molecule has 150 valence electrons. The lowest BCUT2D eigenvalue weighted by Crippen LogP contribution is -2.42. The second kappa shape index (κ2) is 9.07. The van der Waals surface area contributed by atoms with Crippen LogP contribution in [0.4, 0.5) is 0 Å². The maximum absolute atomic E-state index is 12.1. The van der Waals surface area contributed by atoms with Crippen molar-refractivity contribution in [2.24, 2.45) is 0 Å². The van der Waals surface area contributed by atoms with Gasteiger partial charge in [0.05, 0.1) is 25.7 Å². The first-order valence-electron chi connectivity index (χ1n) is 8.66. The lowest BCUT2D eigenvalue weighted by Gasteiger charge is -2.17. The molecule has 1 saturated heterocycles.